The Morgan fingerprint density at radius 3 is 2.59 bits per heavy atom. The van der Waals surface area contributed by atoms with Gasteiger partial charge in [0.05, 0.1) is 6.20 Å². The van der Waals surface area contributed by atoms with Crippen LogP contribution in [-0.4, -0.2) is 25.0 Å². The first kappa shape index (κ1) is 12.1. The fourth-order valence-corrected chi connectivity index (χ4v) is 2.46. The Bertz CT molecular complexity index is 605. The van der Waals surface area contributed by atoms with Crippen LogP contribution in [0, 0.1) is 0 Å². The summed E-state index contributed by atoms with van der Waals surface area (Å²) in [5.74, 6) is 0.674. The predicted molar refractivity (Wildman–Crippen MR) is 64.6 cm³/mol. The molecule has 1 aromatic heterocycles. The zero-order valence-electron chi connectivity index (χ0n) is 9.93. The zero-order chi connectivity index (χ0) is 13.0. The summed E-state index contributed by atoms with van der Waals surface area (Å²) in [5, 5.41) is 0. The van der Waals surface area contributed by atoms with Crippen LogP contribution in [0.3, 0.4) is 0 Å². The van der Waals surface area contributed by atoms with E-state index >= 15 is 0 Å². The average molecular weight is 254 g/mol. The standard InChI is InChI=1S/C11H14N2O3S/c1-7-11(2,3)9-5-8(17(14,15)16)6-12-10(9)13(7)4/h5-6H,1H2,2-4H3,(H,14,15,16). The Kier molecular flexibility index (Phi) is 2.34. The third-order valence-corrected chi connectivity index (χ3v) is 4.08. The first-order valence-corrected chi connectivity index (χ1v) is 6.51. The van der Waals surface area contributed by atoms with Gasteiger partial charge in [-0.15, -0.1) is 0 Å². The highest BCUT2D eigenvalue weighted by Crippen LogP contribution is 2.45. The summed E-state index contributed by atoms with van der Waals surface area (Å²) in [6.07, 6.45) is 1.15. The summed E-state index contributed by atoms with van der Waals surface area (Å²) in [5.41, 5.74) is 1.20. The van der Waals surface area contributed by atoms with Gasteiger partial charge < -0.3 is 4.90 Å². The molecular weight excluding hydrogens is 240 g/mol. The van der Waals surface area contributed by atoms with Crippen molar-refractivity contribution in [1.29, 1.82) is 0 Å². The summed E-state index contributed by atoms with van der Waals surface area (Å²) in [7, 11) is -2.39. The molecule has 0 atom stereocenters. The summed E-state index contributed by atoms with van der Waals surface area (Å²) in [4.78, 5) is 5.71. The Morgan fingerprint density at radius 2 is 2.06 bits per heavy atom. The summed E-state index contributed by atoms with van der Waals surface area (Å²) < 4.78 is 31.2. The monoisotopic (exact) mass is 254 g/mol. The molecule has 0 amide bonds. The third kappa shape index (κ3) is 1.64. The van der Waals surface area contributed by atoms with Gasteiger partial charge in [-0.3, -0.25) is 4.55 Å². The van der Waals surface area contributed by atoms with Crippen molar-refractivity contribution in [2.45, 2.75) is 24.2 Å². The van der Waals surface area contributed by atoms with Gasteiger partial charge in [-0.2, -0.15) is 8.42 Å². The molecular formula is C11H14N2O3S. The smallest absolute Gasteiger partial charge is 0.296 e. The topological polar surface area (TPSA) is 70.5 Å². The maximum Gasteiger partial charge on any atom is 0.296 e. The van der Waals surface area contributed by atoms with Gasteiger partial charge in [-0.25, -0.2) is 4.98 Å². The lowest BCUT2D eigenvalue weighted by Gasteiger charge is -2.21. The van der Waals surface area contributed by atoms with Gasteiger partial charge in [0.25, 0.3) is 10.1 Å². The molecule has 1 aliphatic heterocycles. The minimum Gasteiger partial charge on any atom is -0.333 e. The van der Waals surface area contributed by atoms with E-state index in [1.54, 1.807) is 0 Å². The molecule has 5 nitrogen and oxygen atoms in total. The molecule has 0 unspecified atom stereocenters. The zero-order valence-corrected chi connectivity index (χ0v) is 10.7. The highest BCUT2D eigenvalue weighted by Gasteiger charge is 2.39. The van der Waals surface area contributed by atoms with Crippen LogP contribution >= 0.6 is 0 Å². The van der Waals surface area contributed by atoms with Gasteiger partial charge in [0.2, 0.25) is 0 Å². The lowest BCUT2D eigenvalue weighted by Crippen LogP contribution is -2.21. The number of pyridine rings is 1. The Morgan fingerprint density at radius 1 is 1.47 bits per heavy atom. The van der Waals surface area contributed by atoms with Gasteiger partial charge in [0.15, 0.2) is 0 Å². The number of allylic oxidation sites excluding steroid dienone is 1. The van der Waals surface area contributed by atoms with E-state index < -0.39 is 15.5 Å². The second-order valence-corrected chi connectivity index (χ2v) is 6.07. The summed E-state index contributed by atoms with van der Waals surface area (Å²) >= 11 is 0. The molecule has 0 radical (unpaired) electrons. The fourth-order valence-electron chi connectivity index (χ4n) is 2.01. The fraction of sp³-hybridized carbons (Fsp3) is 0.364. The van der Waals surface area contributed by atoms with Crippen LogP contribution < -0.4 is 4.90 Å². The van der Waals surface area contributed by atoms with E-state index in [0.29, 0.717) is 5.82 Å². The number of aromatic nitrogens is 1. The third-order valence-electron chi connectivity index (χ3n) is 3.26. The van der Waals surface area contributed by atoms with Crippen molar-refractivity contribution in [3.05, 3.63) is 30.1 Å². The molecule has 0 bridgehead atoms. The predicted octanol–water partition coefficient (Wildman–Crippen LogP) is 1.57. The quantitative estimate of drug-likeness (QED) is 0.770. The van der Waals surface area contributed by atoms with Crippen LogP contribution in [0.4, 0.5) is 5.82 Å². The molecule has 1 N–H and O–H groups in total. The van der Waals surface area contributed by atoms with Gasteiger partial charge in [-0.05, 0) is 6.07 Å². The molecule has 0 aromatic carbocycles. The van der Waals surface area contributed by atoms with Gasteiger partial charge in [0.1, 0.15) is 10.7 Å². The molecule has 0 saturated carbocycles. The first-order chi connectivity index (χ1) is 7.65. The number of hydrogen-bond donors (Lipinski definition) is 1. The van der Waals surface area contributed by atoms with E-state index in [0.717, 1.165) is 17.5 Å². The molecule has 92 valence electrons. The van der Waals surface area contributed by atoms with Crippen LogP contribution in [0.5, 0.6) is 0 Å². The molecule has 2 rings (SSSR count). The Hall–Kier alpha value is -1.40. The normalized spacial score (nSPS) is 18.4. The summed E-state index contributed by atoms with van der Waals surface area (Å²) in [6.45, 7) is 7.84. The van der Waals surface area contributed by atoms with Gasteiger partial charge in [-0.1, -0.05) is 20.4 Å². The van der Waals surface area contributed by atoms with E-state index in [1.807, 2.05) is 25.8 Å². The van der Waals surface area contributed by atoms with Crippen molar-refractivity contribution in [2.24, 2.45) is 0 Å². The molecule has 0 fully saturated rings. The Labute approximate surface area is 101 Å². The van der Waals surface area contributed by atoms with Crippen LogP contribution in [0.25, 0.3) is 0 Å². The van der Waals surface area contributed by atoms with Crippen molar-refractivity contribution < 1.29 is 13.0 Å². The van der Waals surface area contributed by atoms with Crippen molar-refractivity contribution in [1.82, 2.24) is 4.98 Å². The van der Waals surface area contributed by atoms with E-state index in [2.05, 4.69) is 11.6 Å². The van der Waals surface area contributed by atoms with Crippen molar-refractivity contribution >= 4 is 15.9 Å². The van der Waals surface area contributed by atoms with Crippen LogP contribution in [0.2, 0.25) is 0 Å². The average Bonchev–Trinajstić information content (AvgIpc) is 2.39. The first-order valence-electron chi connectivity index (χ1n) is 5.07. The number of hydrogen-bond acceptors (Lipinski definition) is 4. The lowest BCUT2D eigenvalue weighted by molar-refractivity contribution is 0.482. The molecule has 6 heteroatoms. The van der Waals surface area contributed by atoms with Crippen molar-refractivity contribution in [2.75, 3.05) is 11.9 Å². The molecule has 17 heavy (non-hydrogen) atoms. The molecule has 1 aliphatic rings. The number of likely N-dealkylation sites (N-methyl/N-ethyl adjacent to an activating group) is 1. The molecule has 2 heterocycles. The SMILES string of the molecule is C=C1N(C)c2ncc(S(=O)(=O)O)cc2C1(C)C. The van der Waals surface area contributed by atoms with E-state index in [1.165, 1.54) is 6.07 Å². The summed E-state index contributed by atoms with van der Waals surface area (Å²) in [6, 6.07) is 1.45. The number of nitrogens with zero attached hydrogens (tertiary/aromatic N) is 2. The highest BCUT2D eigenvalue weighted by molar-refractivity contribution is 7.85. The molecule has 0 saturated heterocycles. The largest absolute Gasteiger partial charge is 0.333 e. The van der Waals surface area contributed by atoms with Gasteiger partial charge >= 0.3 is 0 Å². The minimum absolute atomic E-state index is 0.188. The maximum atomic E-state index is 11.1. The minimum atomic E-state index is -4.22. The van der Waals surface area contributed by atoms with Crippen LogP contribution in [-0.2, 0) is 15.5 Å². The van der Waals surface area contributed by atoms with Crippen LogP contribution in [0.1, 0.15) is 19.4 Å². The Balaban J connectivity index is 2.71. The van der Waals surface area contributed by atoms with Crippen LogP contribution in [0.15, 0.2) is 29.4 Å². The second-order valence-electron chi connectivity index (χ2n) is 4.65. The van der Waals surface area contributed by atoms with Crippen molar-refractivity contribution in [3.63, 3.8) is 0 Å². The number of rotatable bonds is 1. The van der Waals surface area contributed by atoms with Gasteiger partial charge in [0, 0.05) is 23.7 Å². The number of fused-ring (bicyclic) bond motifs is 1. The van der Waals surface area contributed by atoms with Crippen molar-refractivity contribution in [3.8, 4) is 0 Å². The second kappa shape index (κ2) is 3.30. The molecule has 0 aliphatic carbocycles. The number of anilines is 1. The molecule has 0 spiro atoms. The van der Waals surface area contributed by atoms with E-state index in [9.17, 15) is 8.42 Å². The molecule has 1 aromatic rings. The van der Waals surface area contributed by atoms with E-state index in [4.69, 9.17) is 4.55 Å². The van der Waals surface area contributed by atoms with E-state index in [-0.39, 0.29) is 4.90 Å². The maximum absolute atomic E-state index is 11.1. The lowest BCUT2D eigenvalue weighted by atomic mass is 9.85. The highest BCUT2D eigenvalue weighted by atomic mass is 32.2.